The van der Waals surface area contributed by atoms with Gasteiger partial charge in [-0.25, -0.2) is 4.79 Å². The van der Waals surface area contributed by atoms with E-state index in [1.54, 1.807) is 6.08 Å². The molecule has 0 saturated carbocycles. The highest BCUT2D eigenvalue weighted by Crippen LogP contribution is 2.37. The number of benzene rings is 1. The van der Waals surface area contributed by atoms with Gasteiger partial charge in [0.2, 0.25) is 6.08 Å². The van der Waals surface area contributed by atoms with Crippen molar-refractivity contribution in [2.45, 2.75) is 46.5 Å². The molecule has 0 heterocycles. The second-order valence-electron chi connectivity index (χ2n) is 5.30. The first kappa shape index (κ1) is 14.4. The Kier molecular flexibility index (Phi) is 4.63. The molecule has 1 rings (SSSR count). The van der Waals surface area contributed by atoms with Crippen LogP contribution in [-0.2, 0) is 4.79 Å². The number of aliphatic imine (C=N–C) groups is 1. The highest BCUT2D eigenvalue weighted by atomic mass is 16.1. The lowest BCUT2D eigenvalue weighted by Crippen LogP contribution is -1.98. The molecule has 0 aliphatic carbocycles. The average Bonchev–Trinajstić information content (AvgIpc) is 2.28. The molecular weight excluding hydrogens is 222 g/mol. The van der Waals surface area contributed by atoms with E-state index in [0.29, 0.717) is 11.8 Å². The molecule has 2 nitrogen and oxygen atoms in total. The monoisotopic (exact) mass is 243 g/mol. The summed E-state index contributed by atoms with van der Waals surface area (Å²) >= 11 is 0. The number of carbonyl (C=O) groups excluding carboxylic acids is 1. The normalized spacial score (nSPS) is 10.6. The Morgan fingerprint density at radius 2 is 1.61 bits per heavy atom. The Morgan fingerprint density at radius 3 is 1.89 bits per heavy atom. The van der Waals surface area contributed by atoms with E-state index < -0.39 is 0 Å². The average molecular weight is 243 g/mol. The molecule has 0 aliphatic heterocycles. The van der Waals surface area contributed by atoms with Crippen LogP contribution in [-0.4, -0.2) is 6.08 Å². The van der Waals surface area contributed by atoms with Crippen LogP contribution in [0.2, 0.25) is 0 Å². The zero-order valence-electron chi connectivity index (χ0n) is 11.9. The van der Waals surface area contributed by atoms with Gasteiger partial charge in [0, 0.05) is 0 Å². The van der Waals surface area contributed by atoms with Crippen molar-refractivity contribution in [2.24, 2.45) is 4.99 Å². The van der Waals surface area contributed by atoms with Crippen LogP contribution in [0.4, 0.5) is 5.69 Å². The zero-order chi connectivity index (χ0) is 13.9. The van der Waals surface area contributed by atoms with Crippen molar-refractivity contribution >= 4 is 17.3 Å². The third kappa shape index (κ3) is 2.96. The van der Waals surface area contributed by atoms with Gasteiger partial charge in [0.05, 0.1) is 5.69 Å². The number of nitrogens with zero attached hydrogens (tertiary/aromatic N) is 1. The van der Waals surface area contributed by atoms with Crippen molar-refractivity contribution in [2.75, 3.05) is 0 Å². The summed E-state index contributed by atoms with van der Waals surface area (Å²) in [7, 11) is 0. The first-order valence-electron chi connectivity index (χ1n) is 6.30. The van der Waals surface area contributed by atoms with Crippen LogP contribution in [0, 0.1) is 0 Å². The fourth-order valence-electron chi connectivity index (χ4n) is 1.98. The zero-order valence-corrected chi connectivity index (χ0v) is 11.9. The van der Waals surface area contributed by atoms with Crippen molar-refractivity contribution < 1.29 is 4.79 Å². The molecule has 0 spiro atoms. The van der Waals surface area contributed by atoms with Crippen LogP contribution < -0.4 is 0 Å². The Balaban J connectivity index is 3.64. The van der Waals surface area contributed by atoms with E-state index in [1.807, 2.05) is 6.92 Å². The number of isocyanates is 1. The Bertz CT molecular complexity index is 477. The molecule has 0 fully saturated rings. The van der Waals surface area contributed by atoms with Crippen LogP contribution in [0.15, 0.2) is 23.7 Å². The quantitative estimate of drug-likeness (QED) is 0.544. The number of rotatable bonds is 4. The predicted octanol–water partition coefficient (Wildman–Crippen LogP) is 4.93. The fourth-order valence-corrected chi connectivity index (χ4v) is 1.98. The van der Waals surface area contributed by atoms with Gasteiger partial charge in [0.25, 0.3) is 0 Å². The van der Waals surface area contributed by atoms with E-state index in [9.17, 15) is 4.79 Å². The highest BCUT2D eigenvalue weighted by Gasteiger charge is 2.15. The minimum absolute atomic E-state index is 0.314. The molecule has 0 N–H and O–H groups in total. The molecule has 0 bridgehead atoms. The van der Waals surface area contributed by atoms with E-state index >= 15 is 0 Å². The van der Waals surface area contributed by atoms with Crippen LogP contribution in [0.1, 0.15) is 63.1 Å². The largest absolute Gasteiger partial charge is 0.240 e. The summed E-state index contributed by atoms with van der Waals surface area (Å²) in [4.78, 5) is 14.5. The number of hydrogen-bond donors (Lipinski definition) is 0. The van der Waals surface area contributed by atoms with Crippen LogP contribution in [0.3, 0.4) is 0 Å². The summed E-state index contributed by atoms with van der Waals surface area (Å²) in [6.45, 7) is 14.4. The molecule has 0 unspecified atom stereocenters. The van der Waals surface area contributed by atoms with Crippen molar-refractivity contribution in [3.05, 3.63) is 35.4 Å². The summed E-state index contributed by atoms with van der Waals surface area (Å²) in [6, 6.07) is 4.16. The topological polar surface area (TPSA) is 29.4 Å². The molecule has 96 valence electrons. The SMILES string of the molecule is C=C(C)c1cc(C(C)C)c(N=C=O)c(C(C)C)c1. The molecule has 0 saturated heterocycles. The van der Waals surface area contributed by atoms with E-state index in [-0.39, 0.29) is 0 Å². The smallest absolute Gasteiger partial charge is 0.211 e. The van der Waals surface area contributed by atoms with E-state index in [0.717, 1.165) is 28.0 Å². The van der Waals surface area contributed by atoms with Gasteiger partial charge in [-0.3, -0.25) is 0 Å². The van der Waals surface area contributed by atoms with Crippen molar-refractivity contribution in [1.29, 1.82) is 0 Å². The van der Waals surface area contributed by atoms with E-state index in [2.05, 4.69) is 51.4 Å². The van der Waals surface area contributed by atoms with E-state index in [1.165, 1.54) is 0 Å². The maximum Gasteiger partial charge on any atom is 0.240 e. The Morgan fingerprint density at radius 1 is 1.17 bits per heavy atom. The van der Waals surface area contributed by atoms with Crippen LogP contribution in [0.25, 0.3) is 5.57 Å². The molecule has 1 aromatic carbocycles. The Labute approximate surface area is 109 Å². The molecule has 0 radical (unpaired) electrons. The molecular formula is C16H21NO. The molecule has 0 amide bonds. The minimum Gasteiger partial charge on any atom is -0.211 e. The summed E-state index contributed by atoms with van der Waals surface area (Å²) in [5.74, 6) is 0.628. The fraction of sp³-hybridized carbons (Fsp3) is 0.438. The molecule has 0 aromatic heterocycles. The van der Waals surface area contributed by atoms with Crippen LogP contribution in [0.5, 0.6) is 0 Å². The molecule has 0 aliphatic rings. The number of allylic oxidation sites excluding steroid dienone is 1. The predicted molar refractivity (Wildman–Crippen MR) is 77.1 cm³/mol. The minimum atomic E-state index is 0.314. The first-order valence-corrected chi connectivity index (χ1v) is 6.30. The second kappa shape index (κ2) is 5.79. The standard InChI is InChI=1S/C16H21NO/c1-10(2)13-7-14(11(3)4)16(17-9-18)15(8-13)12(5)6/h7-8,11-12H,1H2,2-6H3. The maximum atomic E-state index is 10.6. The third-order valence-corrected chi connectivity index (χ3v) is 3.06. The van der Waals surface area contributed by atoms with Gasteiger partial charge in [-0.15, -0.1) is 0 Å². The lowest BCUT2D eigenvalue weighted by molar-refractivity contribution is 0.565. The van der Waals surface area contributed by atoms with Gasteiger partial charge in [-0.1, -0.05) is 39.8 Å². The summed E-state index contributed by atoms with van der Waals surface area (Å²) in [5.41, 5.74) is 5.10. The lowest BCUT2D eigenvalue weighted by atomic mass is 9.89. The van der Waals surface area contributed by atoms with Gasteiger partial charge in [-0.05, 0) is 47.6 Å². The van der Waals surface area contributed by atoms with Crippen molar-refractivity contribution in [1.82, 2.24) is 0 Å². The van der Waals surface area contributed by atoms with Crippen molar-refractivity contribution in [3.63, 3.8) is 0 Å². The summed E-state index contributed by atoms with van der Waals surface area (Å²) < 4.78 is 0. The maximum absolute atomic E-state index is 10.6. The van der Waals surface area contributed by atoms with Gasteiger partial charge in [-0.2, -0.15) is 4.99 Å². The second-order valence-corrected chi connectivity index (χ2v) is 5.30. The third-order valence-electron chi connectivity index (χ3n) is 3.06. The molecule has 0 atom stereocenters. The number of hydrogen-bond acceptors (Lipinski definition) is 2. The first-order chi connectivity index (χ1) is 8.38. The van der Waals surface area contributed by atoms with Crippen LogP contribution >= 0.6 is 0 Å². The van der Waals surface area contributed by atoms with Gasteiger partial charge in [0.15, 0.2) is 0 Å². The van der Waals surface area contributed by atoms with Gasteiger partial charge >= 0.3 is 0 Å². The van der Waals surface area contributed by atoms with E-state index in [4.69, 9.17) is 0 Å². The summed E-state index contributed by atoms with van der Waals surface area (Å²) in [6.07, 6.45) is 1.68. The lowest BCUT2D eigenvalue weighted by Gasteiger charge is -2.18. The molecule has 1 aromatic rings. The molecule has 18 heavy (non-hydrogen) atoms. The molecule has 2 heteroatoms. The van der Waals surface area contributed by atoms with Crippen molar-refractivity contribution in [3.8, 4) is 0 Å². The van der Waals surface area contributed by atoms with Gasteiger partial charge in [0.1, 0.15) is 0 Å². The highest BCUT2D eigenvalue weighted by molar-refractivity contribution is 5.70. The van der Waals surface area contributed by atoms with Gasteiger partial charge < -0.3 is 0 Å². The Hall–Kier alpha value is -1.66. The summed E-state index contributed by atoms with van der Waals surface area (Å²) in [5, 5.41) is 0.